The van der Waals surface area contributed by atoms with Crippen LogP contribution >= 0.6 is 27.5 Å². The molecule has 0 fully saturated rings. The van der Waals surface area contributed by atoms with E-state index in [-0.39, 0.29) is 0 Å². The highest BCUT2D eigenvalue weighted by atomic mass is 79.9. The van der Waals surface area contributed by atoms with E-state index in [4.69, 9.17) is 16.3 Å². The molecule has 0 heterocycles. The molecular weight excluding hydrogens is 338 g/mol. The first-order chi connectivity index (χ1) is 9.54. The number of ether oxygens (including phenoxy) is 1. The topological polar surface area (TPSA) is 12.5 Å². The average molecular weight is 355 g/mol. The van der Waals surface area contributed by atoms with E-state index in [0.29, 0.717) is 6.61 Å². The van der Waals surface area contributed by atoms with Crippen molar-refractivity contribution in [2.45, 2.75) is 13.2 Å². The third-order valence-electron chi connectivity index (χ3n) is 2.82. The second-order valence-electron chi connectivity index (χ2n) is 4.90. The van der Waals surface area contributed by atoms with Gasteiger partial charge in [-0.2, -0.15) is 0 Å². The lowest BCUT2D eigenvalue weighted by Gasteiger charge is -2.15. The van der Waals surface area contributed by atoms with Crippen LogP contribution in [-0.4, -0.2) is 19.0 Å². The minimum Gasteiger partial charge on any atom is -0.489 e. The van der Waals surface area contributed by atoms with Gasteiger partial charge in [-0.25, -0.2) is 0 Å². The SMILES string of the molecule is CN(C)Cc1cc(Br)ccc1OCc1ccc(Cl)cc1. The summed E-state index contributed by atoms with van der Waals surface area (Å²) >= 11 is 9.38. The van der Waals surface area contributed by atoms with Crippen LogP contribution in [-0.2, 0) is 13.2 Å². The molecule has 0 radical (unpaired) electrons. The van der Waals surface area contributed by atoms with Gasteiger partial charge in [-0.3, -0.25) is 0 Å². The van der Waals surface area contributed by atoms with Gasteiger partial charge in [-0.05, 0) is 50.0 Å². The van der Waals surface area contributed by atoms with E-state index in [2.05, 4.69) is 26.9 Å². The fourth-order valence-corrected chi connectivity index (χ4v) is 2.43. The zero-order chi connectivity index (χ0) is 14.5. The highest BCUT2D eigenvalue weighted by Gasteiger charge is 2.06. The van der Waals surface area contributed by atoms with Crippen LogP contribution in [0.3, 0.4) is 0 Å². The molecule has 0 aliphatic carbocycles. The number of halogens is 2. The molecule has 0 aliphatic rings. The lowest BCUT2D eigenvalue weighted by molar-refractivity contribution is 0.295. The Morgan fingerprint density at radius 1 is 1.10 bits per heavy atom. The summed E-state index contributed by atoms with van der Waals surface area (Å²) in [5, 5.41) is 0.741. The zero-order valence-corrected chi connectivity index (χ0v) is 13.9. The normalized spacial score (nSPS) is 10.8. The summed E-state index contributed by atoms with van der Waals surface area (Å²) in [5.74, 6) is 0.914. The fourth-order valence-electron chi connectivity index (χ4n) is 1.89. The Hall–Kier alpha value is -1.03. The molecule has 2 aromatic carbocycles. The van der Waals surface area contributed by atoms with Gasteiger partial charge in [-0.1, -0.05) is 39.7 Å². The monoisotopic (exact) mass is 353 g/mol. The zero-order valence-electron chi connectivity index (χ0n) is 11.6. The molecule has 20 heavy (non-hydrogen) atoms. The standard InChI is InChI=1S/C16H17BrClNO/c1-19(2)10-13-9-14(17)5-8-16(13)20-11-12-3-6-15(18)7-4-12/h3-9H,10-11H2,1-2H3. The van der Waals surface area contributed by atoms with Crippen molar-refractivity contribution >= 4 is 27.5 Å². The fraction of sp³-hybridized carbons (Fsp3) is 0.250. The molecule has 0 bridgehead atoms. The van der Waals surface area contributed by atoms with Crippen LogP contribution in [0.4, 0.5) is 0 Å². The molecule has 0 atom stereocenters. The maximum atomic E-state index is 5.93. The van der Waals surface area contributed by atoms with Crippen molar-refractivity contribution in [1.29, 1.82) is 0 Å². The number of hydrogen-bond donors (Lipinski definition) is 0. The Morgan fingerprint density at radius 2 is 1.80 bits per heavy atom. The molecular formula is C16H17BrClNO. The van der Waals surface area contributed by atoms with Crippen molar-refractivity contribution in [2.75, 3.05) is 14.1 Å². The molecule has 0 saturated carbocycles. The minimum absolute atomic E-state index is 0.541. The van der Waals surface area contributed by atoms with Crippen LogP contribution in [0, 0.1) is 0 Å². The van der Waals surface area contributed by atoms with Gasteiger partial charge in [0, 0.05) is 21.6 Å². The molecule has 2 rings (SSSR count). The second-order valence-corrected chi connectivity index (χ2v) is 6.26. The van der Waals surface area contributed by atoms with Gasteiger partial charge in [0.25, 0.3) is 0 Å². The smallest absolute Gasteiger partial charge is 0.124 e. The Balaban J connectivity index is 2.10. The maximum absolute atomic E-state index is 5.93. The molecule has 0 spiro atoms. The molecule has 0 amide bonds. The van der Waals surface area contributed by atoms with Crippen molar-refractivity contribution < 1.29 is 4.74 Å². The summed E-state index contributed by atoms with van der Waals surface area (Å²) in [7, 11) is 4.09. The average Bonchev–Trinajstić information content (AvgIpc) is 2.39. The Morgan fingerprint density at radius 3 is 2.45 bits per heavy atom. The van der Waals surface area contributed by atoms with E-state index in [9.17, 15) is 0 Å². The summed E-state index contributed by atoms with van der Waals surface area (Å²) < 4.78 is 6.99. The summed E-state index contributed by atoms with van der Waals surface area (Å²) in [4.78, 5) is 2.12. The van der Waals surface area contributed by atoms with E-state index in [1.165, 1.54) is 5.56 Å². The van der Waals surface area contributed by atoms with Crippen molar-refractivity contribution in [2.24, 2.45) is 0 Å². The van der Waals surface area contributed by atoms with Crippen LogP contribution in [0.2, 0.25) is 5.02 Å². The first-order valence-electron chi connectivity index (χ1n) is 6.35. The molecule has 0 saturated heterocycles. The number of rotatable bonds is 5. The molecule has 0 aliphatic heterocycles. The Kier molecular flexibility index (Phi) is 5.46. The number of benzene rings is 2. The number of nitrogens with zero attached hydrogens (tertiary/aromatic N) is 1. The van der Waals surface area contributed by atoms with Crippen molar-refractivity contribution in [3.8, 4) is 5.75 Å². The highest BCUT2D eigenvalue weighted by molar-refractivity contribution is 9.10. The Labute approximate surface area is 133 Å². The molecule has 2 nitrogen and oxygen atoms in total. The lowest BCUT2D eigenvalue weighted by atomic mass is 10.2. The van der Waals surface area contributed by atoms with Crippen molar-refractivity contribution in [1.82, 2.24) is 4.90 Å². The third-order valence-corrected chi connectivity index (χ3v) is 3.56. The molecule has 106 valence electrons. The van der Waals surface area contributed by atoms with Crippen LogP contribution in [0.5, 0.6) is 5.75 Å². The van der Waals surface area contributed by atoms with E-state index >= 15 is 0 Å². The first-order valence-corrected chi connectivity index (χ1v) is 7.52. The highest BCUT2D eigenvalue weighted by Crippen LogP contribution is 2.25. The van der Waals surface area contributed by atoms with Crippen LogP contribution in [0.1, 0.15) is 11.1 Å². The Bertz CT molecular complexity index is 569. The summed E-state index contributed by atoms with van der Waals surface area (Å²) in [5.41, 5.74) is 2.27. The summed E-state index contributed by atoms with van der Waals surface area (Å²) in [6.07, 6.45) is 0. The van der Waals surface area contributed by atoms with Gasteiger partial charge < -0.3 is 9.64 Å². The van der Waals surface area contributed by atoms with Gasteiger partial charge >= 0.3 is 0 Å². The molecule has 4 heteroatoms. The lowest BCUT2D eigenvalue weighted by Crippen LogP contribution is -2.12. The molecule has 2 aromatic rings. The third kappa shape index (κ3) is 4.51. The first kappa shape index (κ1) is 15.4. The predicted octanol–water partition coefficient (Wildman–Crippen LogP) is 4.74. The van der Waals surface area contributed by atoms with E-state index in [1.54, 1.807) is 0 Å². The quantitative estimate of drug-likeness (QED) is 0.769. The maximum Gasteiger partial charge on any atom is 0.124 e. The number of hydrogen-bond acceptors (Lipinski definition) is 2. The van der Waals surface area contributed by atoms with Gasteiger partial charge in [0.15, 0.2) is 0 Å². The molecule has 0 unspecified atom stereocenters. The second kappa shape index (κ2) is 7.11. The summed E-state index contributed by atoms with van der Waals surface area (Å²) in [6, 6.07) is 13.8. The largest absolute Gasteiger partial charge is 0.489 e. The van der Waals surface area contributed by atoms with E-state index in [0.717, 1.165) is 27.4 Å². The van der Waals surface area contributed by atoms with Gasteiger partial charge in [0.2, 0.25) is 0 Å². The van der Waals surface area contributed by atoms with Crippen molar-refractivity contribution in [3.63, 3.8) is 0 Å². The van der Waals surface area contributed by atoms with Crippen LogP contribution in [0.15, 0.2) is 46.9 Å². The van der Waals surface area contributed by atoms with Crippen LogP contribution < -0.4 is 4.74 Å². The van der Waals surface area contributed by atoms with Gasteiger partial charge in [-0.15, -0.1) is 0 Å². The van der Waals surface area contributed by atoms with Gasteiger partial charge in [0.05, 0.1) is 0 Å². The predicted molar refractivity (Wildman–Crippen MR) is 87.3 cm³/mol. The van der Waals surface area contributed by atoms with Crippen molar-refractivity contribution in [3.05, 3.63) is 63.1 Å². The van der Waals surface area contributed by atoms with Crippen LogP contribution in [0.25, 0.3) is 0 Å². The minimum atomic E-state index is 0.541. The van der Waals surface area contributed by atoms with Gasteiger partial charge in [0.1, 0.15) is 12.4 Å². The van der Waals surface area contributed by atoms with E-state index < -0.39 is 0 Å². The summed E-state index contributed by atoms with van der Waals surface area (Å²) in [6.45, 7) is 1.38. The molecule has 0 N–H and O–H groups in total. The van der Waals surface area contributed by atoms with E-state index in [1.807, 2.05) is 50.5 Å². The molecule has 0 aromatic heterocycles.